The number of hydrogen-bond acceptors (Lipinski definition) is 3. The Kier molecular flexibility index (Phi) is 16.2. The Morgan fingerprint density at radius 3 is 0.947 bits per heavy atom. The van der Waals surface area contributed by atoms with Crippen molar-refractivity contribution in [3.8, 4) is 0 Å². The highest BCUT2D eigenvalue weighted by Crippen LogP contribution is 2.41. The third-order valence-electron chi connectivity index (χ3n) is 10.9. The van der Waals surface area contributed by atoms with Gasteiger partial charge in [0.1, 0.15) is 6.15 Å². The van der Waals surface area contributed by atoms with Crippen molar-refractivity contribution < 1.29 is 119 Å². The van der Waals surface area contributed by atoms with Crippen molar-refractivity contribution in [1.29, 1.82) is 0 Å². The fourth-order valence-electron chi connectivity index (χ4n) is 7.71. The summed E-state index contributed by atoms with van der Waals surface area (Å²) in [6, 6.07) is 1.22. The molecular weight excluding hydrogens is 1080 g/mol. The van der Waals surface area contributed by atoms with Gasteiger partial charge in [-0.15, -0.1) is 0 Å². The number of benzene rings is 5. The Bertz CT molecular complexity index is 2570. The van der Waals surface area contributed by atoms with Gasteiger partial charge in [0.15, 0.2) is 12.7 Å². The molecule has 5 aromatic carbocycles. The molecule has 6 aromatic rings. The smallest absolute Gasteiger partial charge is 0.416 e. The highest BCUT2D eigenvalue weighted by atomic mass is 19.4. The van der Waals surface area contributed by atoms with Gasteiger partial charge in [0, 0.05) is 5.56 Å². The maximum absolute atomic E-state index is 14.2. The molecule has 0 aliphatic heterocycles. The molecule has 0 aliphatic rings. The monoisotopic (exact) mass is 1110 g/mol. The van der Waals surface area contributed by atoms with E-state index in [2.05, 4.69) is 4.98 Å². The molecule has 0 bridgehead atoms. The van der Waals surface area contributed by atoms with Crippen LogP contribution in [0.5, 0.6) is 0 Å². The molecule has 0 saturated heterocycles. The molecule has 1 heterocycles. The van der Waals surface area contributed by atoms with Gasteiger partial charge in [-0.3, -0.25) is 0 Å². The second-order valence-electron chi connectivity index (χ2n) is 16.0. The number of alkyl halides is 24. The van der Waals surface area contributed by atoms with E-state index < -0.39 is 195 Å². The molecule has 0 radical (unpaired) electrons. The van der Waals surface area contributed by atoms with E-state index in [9.17, 15) is 110 Å². The largest absolute Gasteiger partial charge is 0.461 e. The summed E-state index contributed by atoms with van der Waals surface area (Å²) < 4.78 is 348. The summed E-state index contributed by atoms with van der Waals surface area (Å²) >= 11 is 0. The van der Waals surface area contributed by atoms with Crippen LogP contribution in [0.2, 0.25) is 0 Å². The molecular formula is C46H27BF24N2O2. The Morgan fingerprint density at radius 2 is 0.707 bits per heavy atom. The van der Waals surface area contributed by atoms with Gasteiger partial charge in [0.2, 0.25) is 11.9 Å². The highest BCUT2D eigenvalue weighted by Gasteiger charge is 2.47. The van der Waals surface area contributed by atoms with E-state index in [0.29, 0.717) is 18.8 Å². The van der Waals surface area contributed by atoms with Crippen molar-refractivity contribution in [2.75, 3.05) is 6.61 Å². The average molecular weight is 1110 g/mol. The first-order valence-corrected chi connectivity index (χ1v) is 20.5. The minimum atomic E-state index is -6.13. The molecule has 0 spiro atoms. The zero-order valence-electron chi connectivity index (χ0n) is 36.8. The van der Waals surface area contributed by atoms with Crippen molar-refractivity contribution in [2.24, 2.45) is 0 Å². The maximum Gasteiger partial charge on any atom is 0.416 e. The van der Waals surface area contributed by atoms with Crippen LogP contribution in [-0.2, 0) is 60.7 Å². The Hall–Kier alpha value is -6.97. The second-order valence-corrected chi connectivity index (χ2v) is 16.0. The lowest BCUT2D eigenvalue weighted by atomic mass is 9.12. The van der Waals surface area contributed by atoms with E-state index in [1.54, 1.807) is 19.3 Å². The summed E-state index contributed by atoms with van der Waals surface area (Å²) in [5.74, 6) is -0.389. The predicted molar refractivity (Wildman–Crippen MR) is 216 cm³/mol. The van der Waals surface area contributed by atoms with Crippen LogP contribution in [0.3, 0.4) is 0 Å². The van der Waals surface area contributed by atoms with Crippen LogP contribution in [0.4, 0.5) is 105 Å². The average Bonchev–Trinajstić information content (AvgIpc) is 3.27. The number of rotatable bonds is 8. The lowest BCUT2D eigenvalue weighted by Gasteiger charge is -2.46. The Balaban J connectivity index is 0.000000483. The minimum Gasteiger partial charge on any atom is -0.461 e. The number of esters is 1. The van der Waals surface area contributed by atoms with Crippen molar-refractivity contribution in [3.05, 3.63) is 177 Å². The predicted octanol–water partition coefficient (Wildman–Crippen LogP) is 12.8. The minimum absolute atomic E-state index is 0.329. The van der Waals surface area contributed by atoms with E-state index in [1.165, 1.54) is 5.56 Å². The van der Waals surface area contributed by atoms with Crippen LogP contribution in [0.25, 0.3) is 0 Å². The zero-order valence-corrected chi connectivity index (χ0v) is 36.8. The van der Waals surface area contributed by atoms with E-state index in [1.807, 2.05) is 41.1 Å². The summed E-state index contributed by atoms with van der Waals surface area (Å²) in [4.78, 5) is 15.6. The third kappa shape index (κ3) is 14.1. The van der Waals surface area contributed by atoms with Crippen LogP contribution < -0.4 is 26.4 Å². The molecule has 404 valence electrons. The first kappa shape index (κ1) is 58.9. The topological polar surface area (TPSA) is 43.1 Å². The van der Waals surface area contributed by atoms with Gasteiger partial charge in [0.05, 0.1) is 57.3 Å². The lowest BCUT2D eigenvalue weighted by Crippen LogP contribution is -2.75. The van der Waals surface area contributed by atoms with Crippen LogP contribution in [0.15, 0.2) is 122 Å². The first-order chi connectivity index (χ1) is 34.1. The van der Waals surface area contributed by atoms with Gasteiger partial charge in [-0.2, -0.15) is 132 Å². The molecule has 29 heteroatoms. The Labute approximate surface area is 405 Å². The van der Waals surface area contributed by atoms with Gasteiger partial charge >= 0.3 is 55.4 Å². The fraction of sp³-hybridized carbons (Fsp3) is 0.239. The standard InChI is InChI=1S/C32H12BF24.C14H15N2O2/c34-25(35,36)13-1-14(26(37,38)39)6-21(5-13)33(22-7-15(27(40,41)42)2-16(8-22)28(43,44)45,23-9-17(29(46,47)48)3-18(10-23)30(49,50)51)24-11-19(31(52,53)54)4-20(12-24)32(55,56)57;1-2-18-14(17)13-11-16(9-8-15-13)10-12-6-4-3-5-7-12/h1-12H;3-9,11H,2,10H2,1H3/q-1;+1. The third-order valence-corrected chi connectivity index (χ3v) is 10.9. The lowest BCUT2D eigenvalue weighted by molar-refractivity contribution is -0.689. The summed E-state index contributed by atoms with van der Waals surface area (Å²) in [6.07, 6.45) is -49.7. The molecule has 0 aliphatic carbocycles. The number of carbonyl (C=O) groups is 1. The van der Waals surface area contributed by atoms with Crippen molar-refractivity contribution in [1.82, 2.24) is 4.98 Å². The van der Waals surface area contributed by atoms with Gasteiger partial charge < -0.3 is 4.74 Å². The number of aromatic nitrogens is 2. The zero-order chi connectivity index (χ0) is 56.7. The van der Waals surface area contributed by atoms with E-state index in [-0.39, 0.29) is 5.97 Å². The fourth-order valence-corrected chi connectivity index (χ4v) is 7.71. The van der Waals surface area contributed by atoms with Crippen molar-refractivity contribution in [2.45, 2.75) is 62.9 Å². The molecule has 0 amide bonds. The van der Waals surface area contributed by atoms with Crippen molar-refractivity contribution in [3.63, 3.8) is 0 Å². The van der Waals surface area contributed by atoms with Crippen LogP contribution in [-0.4, -0.2) is 23.7 Å². The number of ether oxygens (including phenoxy) is 1. The van der Waals surface area contributed by atoms with Crippen molar-refractivity contribution >= 4 is 34.0 Å². The number of halogens is 24. The van der Waals surface area contributed by atoms with E-state index in [4.69, 9.17) is 4.74 Å². The molecule has 0 atom stereocenters. The van der Waals surface area contributed by atoms with Gasteiger partial charge in [0.25, 0.3) is 0 Å². The summed E-state index contributed by atoms with van der Waals surface area (Å²) in [6.45, 7) is 2.84. The summed E-state index contributed by atoms with van der Waals surface area (Å²) in [5.41, 5.74) is -28.7. The van der Waals surface area contributed by atoms with E-state index >= 15 is 0 Å². The SMILES string of the molecule is CCOC(=O)c1c[n+](Cc2ccccc2)ccn1.FC(F)(F)c1cc([B-](c2cc(C(F)(F)F)cc(C(F)(F)F)c2)(c2cc(C(F)(F)F)cc(C(F)(F)F)c2)c2cc(C(F)(F)F)cc(C(F)(F)F)c2)cc(C(F)(F)F)c1. The normalized spacial score (nSPS) is 13.3. The molecule has 0 saturated carbocycles. The van der Waals surface area contributed by atoms with Gasteiger partial charge in [-0.25, -0.2) is 9.78 Å². The van der Waals surface area contributed by atoms with Gasteiger partial charge in [-0.1, -0.05) is 78.9 Å². The summed E-state index contributed by atoms with van der Waals surface area (Å²) in [7, 11) is 0. The molecule has 0 N–H and O–H groups in total. The number of carbonyl (C=O) groups excluding carboxylic acids is 1. The molecule has 0 unspecified atom stereocenters. The highest BCUT2D eigenvalue weighted by molar-refractivity contribution is 7.20. The molecule has 6 rings (SSSR count). The number of nitrogens with zero attached hydrogens (tertiary/aromatic N) is 2. The summed E-state index contributed by atoms with van der Waals surface area (Å²) in [5, 5.41) is 0. The number of hydrogen-bond donors (Lipinski definition) is 0. The van der Waals surface area contributed by atoms with Crippen LogP contribution in [0.1, 0.15) is 67.5 Å². The quantitative estimate of drug-likeness (QED) is 0.0660. The second kappa shape index (κ2) is 20.6. The molecule has 0 fully saturated rings. The molecule has 1 aromatic heterocycles. The first-order valence-electron chi connectivity index (χ1n) is 20.5. The molecule has 4 nitrogen and oxygen atoms in total. The maximum atomic E-state index is 14.2. The van der Waals surface area contributed by atoms with Crippen LogP contribution in [0, 0.1) is 0 Å². The molecule has 75 heavy (non-hydrogen) atoms. The van der Waals surface area contributed by atoms with Crippen LogP contribution >= 0.6 is 0 Å². The Morgan fingerprint density at radius 1 is 0.440 bits per heavy atom. The van der Waals surface area contributed by atoms with E-state index in [0.717, 1.165) is 0 Å². The van der Waals surface area contributed by atoms with Gasteiger partial charge in [-0.05, 0) is 31.2 Å².